The third-order valence-electron chi connectivity index (χ3n) is 4.77. The molecule has 1 aromatic carbocycles. The van der Waals surface area contributed by atoms with E-state index in [0.717, 1.165) is 10.5 Å². The van der Waals surface area contributed by atoms with Crippen LogP contribution in [0.15, 0.2) is 30.6 Å². The highest BCUT2D eigenvalue weighted by atomic mass is 16.4. The highest BCUT2D eigenvalue weighted by molar-refractivity contribution is 6.00. The first-order valence-corrected chi connectivity index (χ1v) is 8.49. The molecule has 2 aromatic rings. The number of nitrogens with zero attached hydrogens (tertiary/aromatic N) is 4. The normalized spacial score (nSPS) is 17.0. The molecular weight excluding hydrogens is 352 g/mol. The van der Waals surface area contributed by atoms with E-state index in [0.29, 0.717) is 16.9 Å². The van der Waals surface area contributed by atoms with Gasteiger partial charge in [-0.1, -0.05) is 6.07 Å². The standard InChI is InChI=1S/C18H22N4O5/c1-11-8-20(16(24)25)15-6-12(4-5-14(15)22(11)17(26)27)13-7-19-21(9-13)18(2,3)10-23/h4-7,9,11,23H,8,10H2,1-3H3,(H,24,25)(H,26,27)/t11-/m0/s1. The Hall–Kier alpha value is -3.07. The van der Waals surface area contributed by atoms with E-state index in [-0.39, 0.29) is 13.2 Å². The average Bonchev–Trinajstić information content (AvgIpc) is 3.11. The van der Waals surface area contributed by atoms with E-state index >= 15 is 0 Å². The van der Waals surface area contributed by atoms with Crippen molar-refractivity contribution < 1.29 is 24.9 Å². The monoisotopic (exact) mass is 374 g/mol. The minimum absolute atomic E-state index is 0.0505. The van der Waals surface area contributed by atoms with E-state index in [1.807, 2.05) is 13.8 Å². The van der Waals surface area contributed by atoms with Crippen molar-refractivity contribution in [2.45, 2.75) is 32.4 Å². The van der Waals surface area contributed by atoms with Crippen LogP contribution in [0.3, 0.4) is 0 Å². The predicted octanol–water partition coefficient (Wildman–Crippen LogP) is 2.65. The Balaban J connectivity index is 2.08. The number of aliphatic hydroxyl groups excluding tert-OH is 1. The summed E-state index contributed by atoms with van der Waals surface area (Å²) < 4.78 is 1.64. The molecule has 2 heterocycles. The van der Waals surface area contributed by atoms with E-state index in [1.165, 1.54) is 4.90 Å². The predicted molar refractivity (Wildman–Crippen MR) is 99.4 cm³/mol. The quantitative estimate of drug-likeness (QED) is 0.760. The van der Waals surface area contributed by atoms with Gasteiger partial charge in [-0.2, -0.15) is 5.10 Å². The number of anilines is 2. The molecule has 0 spiro atoms. The Morgan fingerprint density at radius 2 is 1.89 bits per heavy atom. The molecule has 3 N–H and O–H groups in total. The summed E-state index contributed by atoms with van der Waals surface area (Å²) in [4.78, 5) is 25.6. The Bertz CT molecular complexity index is 892. The smallest absolute Gasteiger partial charge is 0.412 e. The van der Waals surface area contributed by atoms with Gasteiger partial charge in [0.1, 0.15) is 0 Å². The summed E-state index contributed by atoms with van der Waals surface area (Å²) in [7, 11) is 0. The summed E-state index contributed by atoms with van der Waals surface area (Å²) in [5.74, 6) is 0. The van der Waals surface area contributed by atoms with Crippen LogP contribution in [0, 0.1) is 0 Å². The van der Waals surface area contributed by atoms with E-state index < -0.39 is 23.8 Å². The zero-order chi connectivity index (χ0) is 19.9. The van der Waals surface area contributed by atoms with Crippen LogP contribution in [0.2, 0.25) is 0 Å². The lowest BCUT2D eigenvalue weighted by atomic mass is 10.0. The second-order valence-electron chi connectivity index (χ2n) is 7.24. The third kappa shape index (κ3) is 3.21. The summed E-state index contributed by atoms with van der Waals surface area (Å²) >= 11 is 0. The highest BCUT2D eigenvalue weighted by Gasteiger charge is 2.35. The molecule has 1 atom stereocenters. The molecule has 0 saturated heterocycles. The number of aliphatic hydroxyl groups is 1. The molecule has 0 bridgehead atoms. The molecule has 9 nitrogen and oxygen atoms in total. The van der Waals surface area contributed by atoms with Crippen LogP contribution in [-0.4, -0.2) is 56.5 Å². The number of hydrogen-bond acceptors (Lipinski definition) is 4. The Morgan fingerprint density at radius 1 is 1.19 bits per heavy atom. The largest absolute Gasteiger partial charge is 0.465 e. The fourth-order valence-corrected chi connectivity index (χ4v) is 3.15. The topological polar surface area (TPSA) is 119 Å². The van der Waals surface area contributed by atoms with Crippen LogP contribution in [0.1, 0.15) is 20.8 Å². The van der Waals surface area contributed by atoms with Gasteiger partial charge in [0.25, 0.3) is 0 Å². The van der Waals surface area contributed by atoms with Gasteiger partial charge in [-0.05, 0) is 38.5 Å². The molecule has 27 heavy (non-hydrogen) atoms. The summed E-state index contributed by atoms with van der Waals surface area (Å²) in [6, 6.07) is 4.50. The fraction of sp³-hybridized carbons (Fsp3) is 0.389. The van der Waals surface area contributed by atoms with Crippen molar-refractivity contribution in [3.8, 4) is 11.1 Å². The lowest BCUT2D eigenvalue weighted by molar-refractivity contribution is 0.152. The average molecular weight is 374 g/mol. The van der Waals surface area contributed by atoms with Gasteiger partial charge < -0.3 is 15.3 Å². The van der Waals surface area contributed by atoms with Gasteiger partial charge in [0, 0.05) is 11.8 Å². The van der Waals surface area contributed by atoms with Crippen LogP contribution >= 0.6 is 0 Å². The maximum absolute atomic E-state index is 11.7. The zero-order valence-electron chi connectivity index (χ0n) is 15.3. The number of aromatic nitrogens is 2. The Labute approximate surface area is 156 Å². The number of carboxylic acid groups (broad SMARTS) is 2. The zero-order valence-corrected chi connectivity index (χ0v) is 15.3. The van der Waals surface area contributed by atoms with E-state index in [4.69, 9.17) is 0 Å². The molecular formula is C18H22N4O5. The number of amides is 2. The first-order valence-electron chi connectivity index (χ1n) is 8.49. The van der Waals surface area contributed by atoms with Gasteiger partial charge in [0.2, 0.25) is 0 Å². The van der Waals surface area contributed by atoms with Crippen LogP contribution in [0.5, 0.6) is 0 Å². The van der Waals surface area contributed by atoms with Crippen LogP contribution < -0.4 is 9.80 Å². The highest BCUT2D eigenvalue weighted by Crippen LogP contribution is 2.39. The number of carbonyl (C=O) groups is 2. The van der Waals surface area contributed by atoms with Crippen LogP contribution in [-0.2, 0) is 5.54 Å². The minimum Gasteiger partial charge on any atom is -0.465 e. The number of hydrogen-bond donors (Lipinski definition) is 3. The molecule has 0 aliphatic carbocycles. The van der Waals surface area contributed by atoms with Gasteiger partial charge >= 0.3 is 12.2 Å². The molecule has 3 rings (SSSR count). The Morgan fingerprint density at radius 3 is 2.48 bits per heavy atom. The number of rotatable bonds is 3. The van der Waals surface area contributed by atoms with Crippen molar-refractivity contribution in [1.82, 2.24) is 9.78 Å². The summed E-state index contributed by atoms with van der Waals surface area (Å²) in [5.41, 5.74) is 1.52. The van der Waals surface area contributed by atoms with Gasteiger partial charge in [0.05, 0.1) is 42.3 Å². The molecule has 2 amide bonds. The van der Waals surface area contributed by atoms with Crippen LogP contribution in [0.25, 0.3) is 11.1 Å². The van der Waals surface area contributed by atoms with Crippen molar-refractivity contribution in [1.29, 1.82) is 0 Å². The molecule has 144 valence electrons. The lowest BCUT2D eigenvalue weighted by Gasteiger charge is -2.38. The van der Waals surface area contributed by atoms with Gasteiger partial charge in [-0.25, -0.2) is 9.59 Å². The first-order chi connectivity index (χ1) is 12.7. The molecule has 0 fully saturated rings. The summed E-state index contributed by atoms with van der Waals surface area (Å²) in [6.45, 7) is 5.32. The maximum Gasteiger partial charge on any atom is 0.412 e. The van der Waals surface area contributed by atoms with Gasteiger partial charge in [0.15, 0.2) is 0 Å². The van der Waals surface area contributed by atoms with Gasteiger partial charge in [-0.3, -0.25) is 14.5 Å². The molecule has 9 heteroatoms. The molecule has 0 radical (unpaired) electrons. The van der Waals surface area contributed by atoms with Crippen molar-refractivity contribution in [3.63, 3.8) is 0 Å². The summed E-state index contributed by atoms with van der Waals surface area (Å²) in [6.07, 6.45) is 1.13. The SMILES string of the molecule is C[C@H]1CN(C(=O)O)c2cc(-c3cnn(C(C)(C)CO)c3)ccc2N1C(=O)O. The number of benzene rings is 1. The van der Waals surface area contributed by atoms with E-state index in [2.05, 4.69) is 5.10 Å². The molecule has 1 aliphatic rings. The van der Waals surface area contributed by atoms with Crippen molar-refractivity contribution >= 4 is 23.6 Å². The molecule has 0 unspecified atom stereocenters. The van der Waals surface area contributed by atoms with E-state index in [9.17, 15) is 24.9 Å². The fourth-order valence-electron chi connectivity index (χ4n) is 3.15. The van der Waals surface area contributed by atoms with Crippen molar-refractivity contribution in [2.75, 3.05) is 23.0 Å². The maximum atomic E-state index is 11.7. The molecule has 1 aromatic heterocycles. The van der Waals surface area contributed by atoms with Crippen molar-refractivity contribution in [2.24, 2.45) is 0 Å². The lowest BCUT2D eigenvalue weighted by Crippen LogP contribution is -2.51. The minimum atomic E-state index is -1.14. The first kappa shape index (κ1) is 18.7. The molecule has 0 saturated carbocycles. The number of fused-ring (bicyclic) bond motifs is 1. The second-order valence-corrected chi connectivity index (χ2v) is 7.24. The third-order valence-corrected chi connectivity index (χ3v) is 4.77. The second kappa shape index (κ2) is 6.58. The Kier molecular flexibility index (Phi) is 4.56. The van der Waals surface area contributed by atoms with Gasteiger partial charge in [-0.15, -0.1) is 0 Å². The van der Waals surface area contributed by atoms with Crippen LogP contribution in [0.4, 0.5) is 21.0 Å². The van der Waals surface area contributed by atoms with Crippen molar-refractivity contribution in [3.05, 3.63) is 30.6 Å². The molecule has 1 aliphatic heterocycles. The van der Waals surface area contributed by atoms with E-state index in [1.54, 1.807) is 42.2 Å². The summed E-state index contributed by atoms with van der Waals surface area (Å²) in [5, 5.41) is 32.8.